The van der Waals surface area contributed by atoms with Crippen LogP contribution in [-0.2, 0) is 6.42 Å². The van der Waals surface area contributed by atoms with E-state index in [1.807, 2.05) is 12.1 Å². The zero-order valence-corrected chi connectivity index (χ0v) is 10.1. The average Bonchev–Trinajstić information content (AvgIpc) is 2.70. The van der Waals surface area contributed by atoms with Crippen LogP contribution in [0.25, 0.3) is 0 Å². The topological polar surface area (TPSA) is 86.8 Å². The van der Waals surface area contributed by atoms with Gasteiger partial charge in [-0.25, -0.2) is 0 Å². The Balaban J connectivity index is 2.05. The van der Waals surface area contributed by atoms with Gasteiger partial charge in [0.25, 0.3) is 5.91 Å². The average molecular weight is 250 g/mol. The van der Waals surface area contributed by atoms with Crippen molar-refractivity contribution in [3.05, 3.63) is 35.4 Å². The molecule has 0 aromatic heterocycles. The number of aliphatic hydroxyl groups is 2. The van der Waals surface area contributed by atoms with E-state index in [-0.39, 0.29) is 19.0 Å². The standard InChI is InChI=1S/C13H18N2O3/c14-6-5-9-1-3-10(4-2-9)13(18)15-7-11(16)12(17)8-15/h1-4,11-12,16-17H,5-8,14H2/t11-,12+. The highest BCUT2D eigenvalue weighted by Gasteiger charge is 2.32. The molecule has 18 heavy (non-hydrogen) atoms. The molecular formula is C13H18N2O3. The monoisotopic (exact) mass is 250 g/mol. The van der Waals surface area contributed by atoms with Crippen LogP contribution < -0.4 is 5.73 Å². The van der Waals surface area contributed by atoms with Gasteiger partial charge in [-0.2, -0.15) is 0 Å². The molecule has 1 aromatic rings. The van der Waals surface area contributed by atoms with Gasteiger partial charge in [0.1, 0.15) is 0 Å². The SMILES string of the molecule is NCCc1ccc(C(=O)N2C[C@@H](O)[C@@H](O)C2)cc1. The van der Waals surface area contributed by atoms with Gasteiger partial charge in [0.15, 0.2) is 0 Å². The normalized spacial score (nSPS) is 23.4. The van der Waals surface area contributed by atoms with E-state index in [1.165, 1.54) is 4.90 Å². The van der Waals surface area contributed by atoms with Gasteiger partial charge in [-0.05, 0) is 30.7 Å². The number of β-amino-alcohol motifs (C(OH)–C–C–N with tert-alkyl or cyclic N) is 2. The Hall–Kier alpha value is -1.43. The van der Waals surface area contributed by atoms with E-state index in [2.05, 4.69) is 0 Å². The predicted molar refractivity (Wildman–Crippen MR) is 67.1 cm³/mol. The molecule has 5 nitrogen and oxygen atoms in total. The molecule has 1 aromatic carbocycles. The number of nitrogens with zero attached hydrogens (tertiary/aromatic N) is 1. The van der Waals surface area contributed by atoms with E-state index >= 15 is 0 Å². The van der Waals surface area contributed by atoms with Crippen molar-refractivity contribution in [1.82, 2.24) is 4.90 Å². The van der Waals surface area contributed by atoms with Crippen LogP contribution in [0.1, 0.15) is 15.9 Å². The molecule has 1 heterocycles. The van der Waals surface area contributed by atoms with Gasteiger partial charge in [0, 0.05) is 18.7 Å². The summed E-state index contributed by atoms with van der Waals surface area (Å²) in [5, 5.41) is 18.8. The summed E-state index contributed by atoms with van der Waals surface area (Å²) in [6, 6.07) is 7.26. The summed E-state index contributed by atoms with van der Waals surface area (Å²) in [5.41, 5.74) is 7.12. The fourth-order valence-corrected chi connectivity index (χ4v) is 2.10. The molecule has 1 saturated heterocycles. The van der Waals surface area contributed by atoms with Gasteiger partial charge in [-0.3, -0.25) is 4.79 Å². The molecule has 0 radical (unpaired) electrons. The minimum atomic E-state index is -0.842. The third kappa shape index (κ3) is 2.69. The van der Waals surface area contributed by atoms with Gasteiger partial charge in [0.05, 0.1) is 12.2 Å². The number of carbonyl (C=O) groups excluding carboxylic acids is 1. The zero-order valence-electron chi connectivity index (χ0n) is 10.1. The first-order valence-electron chi connectivity index (χ1n) is 6.06. The second kappa shape index (κ2) is 5.48. The Morgan fingerprint density at radius 2 is 1.78 bits per heavy atom. The quantitative estimate of drug-likeness (QED) is 0.666. The molecular weight excluding hydrogens is 232 g/mol. The minimum absolute atomic E-state index is 0.162. The fourth-order valence-electron chi connectivity index (χ4n) is 2.10. The van der Waals surface area contributed by atoms with Crippen molar-refractivity contribution in [3.8, 4) is 0 Å². The number of aliphatic hydroxyl groups excluding tert-OH is 2. The summed E-state index contributed by atoms with van der Waals surface area (Å²) in [5.74, 6) is -0.162. The second-order valence-corrected chi connectivity index (χ2v) is 4.58. The van der Waals surface area contributed by atoms with E-state index in [4.69, 9.17) is 5.73 Å². The Bertz CT molecular complexity index is 409. The maximum atomic E-state index is 12.1. The van der Waals surface area contributed by atoms with Crippen LogP contribution in [0.3, 0.4) is 0 Å². The van der Waals surface area contributed by atoms with Crippen molar-refractivity contribution in [2.45, 2.75) is 18.6 Å². The molecule has 1 aliphatic heterocycles. The van der Waals surface area contributed by atoms with E-state index in [0.29, 0.717) is 12.1 Å². The Morgan fingerprint density at radius 3 is 2.28 bits per heavy atom. The molecule has 2 atom stereocenters. The molecule has 98 valence electrons. The fraction of sp³-hybridized carbons (Fsp3) is 0.462. The summed E-state index contributed by atoms with van der Waals surface area (Å²) in [6.45, 7) is 0.951. The molecule has 0 unspecified atom stereocenters. The van der Waals surface area contributed by atoms with E-state index < -0.39 is 12.2 Å². The van der Waals surface area contributed by atoms with Crippen LogP contribution in [0, 0.1) is 0 Å². The predicted octanol–water partition coefficient (Wildman–Crippen LogP) is -0.635. The molecule has 0 aliphatic carbocycles. The lowest BCUT2D eigenvalue weighted by molar-refractivity contribution is 0.0572. The maximum absolute atomic E-state index is 12.1. The first-order chi connectivity index (χ1) is 8.61. The highest BCUT2D eigenvalue weighted by atomic mass is 16.3. The number of rotatable bonds is 3. The van der Waals surface area contributed by atoms with Gasteiger partial charge in [-0.15, -0.1) is 0 Å². The van der Waals surface area contributed by atoms with Crippen molar-refractivity contribution in [2.75, 3.05) is 19.6 Å². The summed E-state index contributed by atoms with van der Waals surface area (Å²) >= 11 is 0. The van der Waals surface area contributed by atoms with Gasteiger partial charge < -0.3 is 20.8 Å². The molecule has 0 saturated carbocycles. The number of nitrogens with two attached hydrogens (primary N) is 1. The van der Waals surface area contributed by atoms with Gasteiger partial charge >= 0.3 is 0 Å². The lowest BCUT2D eigenvalue weighted by Gasteiger charge is -2.15. The van der Waals surface area contributed by atoms with Crippen molar-refractivity contribution >= 4 is 5.91 Å². The Labute approximate surface area is 106 Å². The van der Waals surface area contributed by atoms with Crippen LogP contribution in [-0.4, -0.2) is 52.9 Å². The second-order valence-electron chi connectivity index (χ2n) is 4.58. The molecule has 0 bridgehead atoms. The van der Waals surface area contributed by atoms with Crippen molar-refractivity contribution in [1.29, 1.82) is 0 Å². The van der Waals surface area contributed by atoms with Gasteiger partial charge in [-0.1, -0.05) is 12.1 Å². The maximum Gasteiger partial charge on any atom is 0.254 e. The molecule has 1 aliphatic rings. The highest BCUT2D eigenvalue weighted by Crippen LogP contribution is 2.15. The third-order valence-corrected chi connectivity index (χ3v) is 3.18. The number of hydrogen-bond acceptors (Lipinski definition) is 4. The largest absolute Gasteiger partial charge is 0.388 e. The lowest BCUT2D eigenvalue weighted by atomic mass is 10.1. The van der Waals surface area contributed by atoms with Crippen molar-refractivity contribution in [2.24, 2.45) is 5.73 Å². The number of benzene rings is 1. The molecule has 5 heteroatoms. The van der Waals surface area contributed by atoms with E-state index in [1.54, 1.807) is 12.1 Å². The molecule has 1 amide bonds. The van der Waals surface area contributed by atoms with Crippen LogP contribution in [0.15, 0.2) is 24.3 Å². The number of hydrogen-bond donors (Lipinski definition) is 3. The first-order valence-corrected chi connectivity index (χ1v) is 6.06. The van der Waals surface area contributed by atoms with Crippen molar-refractivity contribution < 1.29 is 15.0 Å². The summed E-state index contributed by atoms with van der Waals surface area (Å²) in [6.07, 6.45) is -0.897. The molecule has 0 spiro atoms. The van der Waals surface area contributed by atoms with Gasteiger partial charge in [0.2, 0.25) is 0 Å². The lowest BCUT2D eigenvalue weighted by Crippen LogP contribution is -2.29. The highest BCUT2D eigenvalue weighted by molar-refractivity contribution is 5.94. The smallest absolute Gasteiger partial charge is 0.254 e. The molecule has 2 rings (SSSR count). The Morgan fingerprint density at radius 1 is 1.22 bits per heavy atom. The van der Waals surface area contributed by atoms with Crippen LogP contribution in [0.4, 0.5) is 0 Å². The number of likely N-dealkylation sites (tertiary alicyclic amines) is 1. The summed E-state index contributed by atoms with van der Waals surface area (Å²) in [7, 11) is 0. The summed E-state index contributed by atoms with van der Waals surface area (Å²) < 4.78 is 0. The van der Waals surface area contributed by atoms with Crippen molar-refractivity contribution in [3.63, 3.8) is 0 Å². The third-order valence-electron chi connectivity index (χ3n) is 3.18. The molecule has 4 N–H and O–H groups in total. The van der Waals surface area contributed by atoms with Crippen LogP contribution in [0.2, 0.25) is 0 Å². The van der Waals surface area contributed by atoms with Crippen LogP contribution >= 0.6 is 0 Å². The molecule has 1 fully saturated rings. The van der Waals surface area contributed by atoms with E-state index in [0.717, 1.165) is 12.0 Å². The minimum Gasteiger partial charge on any atom is -0.388 e. The van der Waals surface area contributed by atoms with E-state index in [9.17, 15) is 15.0 Å². The first kappa shape index (κ1) is 13.0. The Kier molecular flexibility index (Phi) is 3.96. The van der Waals surface area contributed by atoms with Crippen LogP contribution in [0.5, 0.6) is 0 Å². The number of amides is 1. The number of carbonyl (C=O) groups is 1. The zero-order chi connectivity index (χ0) is 13.1. The summed E-state index contributed by atoms with van der Waals surface area (Å²) in [4.78, 5) is 13.6.